The van der Waals surface area contributed by atoms with E-state index in [4.69, 9.17) is 9.47 Å². The van der Waals surface area contributed by atoms with Crippen molar-refractivity contribution >= 4 is 35.0 Å². The van der Waals surface area contributed by atoms with E-state index in [0.29, 0.717) is 24.5 Å². The number of hydrogen-bond acceptors (Lipinski definition) is 6. The molecule has 11 nitrogen and oxygen atoms in total. The Labute approximate surface area is 296 Å². The number of likely N-dealkylation sites (N-methyl/N-ethyl adjacent to an activating group) is 1. The number of anilines is 3. The summed E-state index contributed by atoms with van der Waals surface area (Å²) in [7, 11) is 1.68. The number of para-hydroxylation sites is 1. The van der Waals surface area contributed by atoms with Crippen LogP contribution in [0.3, 0.4) is 0 Å². The summed E-state index contributed by atoms with van der Waals surface area (Å²) in [6.07, 6.45) is -3.03. The molecule has 0 fully saturated rings. The average molecular weight is 714 g/mol. The van der Waals surface area contributed by atoms with Gasteiger partial charge in [0.1, 0.15) is 5.75 Å². The SMILES string of the molecule is C[C@@H]1CCCCO[C@H](CN(C)C(=O)Nc2ccccc2)[C@H](C)CN([C@@H](C)CO)C(=O)c2cc(NC(=O)Nc3ccc(C(F)(F)F)cc3)ccc2O1. The number of halogens is 3. The highest BCUT2D eigenvalue weighted by molar-refractivity contribution is 6.02. The van der Waals surface area contributed by atoms with Crippen LogP contribution >= 0.6 is 0 Å². The van der Waals surface area contributed by atoms with Gasteiger partial charge in [0, 0.05) is 49.7 Å². The first kappa shape index (κ1) is 39.0. The molecule has 0 radical (unpaired) electrons. The van der Waals surface area contributed by atoms with Crippen molar-refractivity contribution in [3.05, 3.63) is 83.9 Å². The van der Waals surface area contributed by atoms with Crippen LogP contribution in [0.2, 0.25) is 0 Å². The van der Waals surface area contributed by atoms with Gasteiger partial charge in [0.2, 0.25) is 0 Å². The predicted molar refractivity (Wildman–Crippen MR) is 189 cm³/mol. The number of alkyl halides is 3. The molecule has 0 aromatic heterocycles. The van der Waals surface area contributed by atoms with E-state index in [2.05, 4.69) is 16.0 Å². The molecule has 0 unspecified atom stereocenters. The van der Waals surface area contributed by atoms with Crippen LogP contribution in [0.15, 0.2) is 72.8 Å². The maximum Gasteiger partial charge on any atom is 0.416 e. The highest BCUT2D eigenvalue weighted by atomic mass is 19.4. The maximum absolute atomic E-state index is 14.3. The third kappa shape index (κ3) is 11.3. The molecule has 276 valence electrons. The van der Waals surface area contributed by atoms with Gasteiger partial charge in [-0.05, 0) is 87.7 Å². The van der Waals surface area contributed by atoms with Gasteiger partial charge in [0.05, 0.1) is 36.0 Å². The first-order chi connectivity index (χ1) is 24.2. The lowest BCUT2D eigenvalue weighted by molar-refractivity contribution is -0.137. The van der Waals surface area contributed by atoms with Gasteiger partial charge in [-0.1, -0.05) is 25.1 Å². The summed E-state index contributed by atoms with van der Waals surface area (Å²) in [5.74, 6) is -0.438. The minimum absolute atomic E-state index is 0.143. The van der Waals surface area contributed by atoms with Crippen molar-refractivity contribution in [1.29, 1.82) is 0 Å². The number of fused-ring (bicyclic) bond motifs is 1. The van der Waals surface area contributed by atoms with Gasteiger partial charge in [-0.2, -0.15) is 13.2 Å². The van der Waals surface area contributed by atoms with E-state index < -0.39 is 35.8 Å². The number of ether oxygens (including phenoxy) is 2. The van der Waals surface area contributed by atoms with Gasteiger partial charge in [-0.25, -0.2) is 9.59 Å². The molecule has 3 aromatic carbocycles. The zero-order valence-corrected chi connectivity index (χ0v) is 29.2. The molecule has 0 saturated heterocycles. The molecule has 4 N–H and O–H groups in total. The second-order valence-electron chi connectivity index (χ2n) is 12.8. The number of aliphatic hydroxyl groups excluding tert-OH is 1. The van der Waals surface area contributed by atoms with Crippen LogP contribution < -0.4 is 20.7 Å². The molecule has 51 heavy (non-hydrogen) atoms. The largest absolute Gasteiger partial charge is 0.490 e. The van der Waals surface area contributed by atoms with Gasteiger partial charge in [-0.3, -0.25) is 4.79 Å². The van der Waals surface area contributed by atoms with Crippen molar-refractivity contribution in [2.75, 3.05) is 49.3 Å². The Hall–Kier alpha value is -4.82. The molecule has 1 aliphatic heterocycles. The number of benzene rings is 3. The fourth-order valence-electron chi connectivity index (χ4n) is 5.59. The van der Waals surface area contributed by atoms with E-state index in [1.807, 2.05) is 32.0 Å². The number of aliphatic hydroxyl groups is 1. The third-order valence-electron chi connectivity index (χ3n) is 8.61. The summed E-state index contributed by atoms with van der Waals surface area (Å²) in [5, 5.41) is 18.2. The van der Waals surface area contributed by atoms with Crippen molar-refractivity contribution in [3.8, 4) is 5.75 Å². The molecule has 1 heterocycles. The molecule has 0 spiro atoms. The van der Waals surface area contributed by atoms with E-state index in [1.54, 1.807) is 38.2 Å². The maximum atomic E-state index is 14.3. The lowest BCUT2D eigenvalue weighted by atomic mass is 10.0. The quantitative estimate of drug-likeness (QED) is 0.203. The Morgan fingerprint density at radius 2 is 1.61 bits per heavy atom. The zero-order chi connectivity index (χ0) is 37.1. The third-order valence-corrected chi connectivity index (χ3v) is 8.61. The summed E-state index contributed by atoms with van der Waals surface area (Å²) >= 11 is 0. The van der Waals surface area contributed by atoms with Crippen molar-refractivity contribution in [2.45, 2.75) is 64.5 Å². The molecular weight excluding hydrogens is 667 g/mol. The lowest BCUT2D eigenvalue weighted by Crippen LogP contribution is -2.48. The topological polar surface area (TPSA) is 132 Å². The van der Waals surface area contributed by atoms with Crippen LogP contribution in [-0.4, -0.2) is 84.5 Å². The summed E-state index contributed by atoms with van der Waals surface area (Å²) in [4.78, 5) is 43.3. The van der Waals surface area contributed by atoms with E-state index >= 15 is 0 Å². The van der Waals surface area contributed by atoms with Gasteiger partial charge in [0.25, 0.3) is 5.91 Å². The molecule has 3 aromatic rings. The van der Waals surface area contributed by atoms with Crippen LogP contribution in [0, 0.1) is 5.92 Å². The molecule has 4 atom stereocenters. The molecule has 14 heteroatoms. The number of hydrogen-bond donors (Lipinski definition) is 4. The Morgan fingerprint density at radius 3 is 2.27 bits per heavy atom. The van der Waals surface area contributed by atoms with Crippen LogP contribution in [0.5, 0.6) is 5.75 Å². The minimum atomic E-state index is -4.51. The minimum Gasteiger partial charge on any atom is -0.490 e. The van der Waals surface area contributed by atoms with E-state index in [9.17, 15) is 32.7 Å². The number of nitrogens with zero attached hydrogens (tertiary/aromatic N) is 2. The van der Waals surface area contributed by atoms with Crippen molar-refractivity contribution in [1.82, 2.24) is 9.80 Å². The monoisotopic (exact) mass is 713 g/mol. The van der Waals surface area contributed by atoms with E-state index in [-0.39, 0.29) is 54.7 Å². The molecule has 4 rings (SSSR count). The summed E-state index contributed by atoms with van der Waals surface area (Å²) < 4.78 is 51.4. The number of amides is 5. The summed E-state index contributed by atoms with van der Waals surface area (Å²) in [6.45, 7) is 6.06. The van der Waals surface area contributed by atoms with Crippen molar-refractivity contribution < 1.29 is 42.1 Å². The highest BCUT2D eigenvalue weighted by Gasteiger charge is 2.32. The number of rotatable bonds is 7. The predicted octanol–water partition coefficient (Wildman–Crippen LogP) is 7.31. The average Bonchev–Trinajstić information content (AvgIpc) is 3.09. The standard InChI is InChI=1S/C37H46F3N5O6/c1-24-21-45(25(2)23-46)34(47)31-20-30(42-35(48)41-29-15-13-27(14-16-29)37(38,39)40)17-18-32(31)51-26(3)10-8-9-19-50-33(24)22-44(4)36(49)43-28-11-6-5-7-12-28/h5-7,11-18,20,24-26,33,46H,8-10,19,21-23H2,1-4H3,(H,43,49)(H2,41,42,48)/t24-,25+,26-,33-/m1/s1. The fraction of sp³-hybridized carbons (Fsp3) is 0.432. The van der Waals surface area contributed by atoms with Crippen LogP contribution in [0.1, 0.15) is 56.0 Å². The smallest absolute Gasteiger partial charge is 0.416 e. The molecular formula is C37H46F3N5O6. The summed E-state index contributed by atoms with van der Waals surface area (Å²) in [6, 6.07) is 16.1. The Morgan fingerprint density at radius 1 is 0.961 bits per heavy atom. The molecule has 0 aliphatic carbocycles. The van der Waals surface area contributed by atoms with E-state index in [1.165, 1.54) is 15.9 Å². The lowest BCUT2D eigenvalue weighted by Gasteiger charge is -2.35. The van der Waals surface area contributed by atoms with Gasteiger partial charge < -0.3 is 40.3 Å². The zero-order valence-electron chi connectivity index (χ0n) is 29.2. The van der Waals surface area contributed by atoms with Gasteiger partial charge in [-0.15, -0.1) is 0 Å². The Bertz CT molecular complexity index is 1610. The number of nitrogens with one attached hydrogen (secondary N) is 3. The van der Waals surface area contributed by atoms with Crippen molar-refractivity contribution in [3.63, 3.8) is 0 Å². The molecule has 1 aliphatic rings. The van der Waals surface area contributed by atoms with Gasteiger partial charge >= 0.3 is 18.2 Å². The molecule has 0 bridgehead atoms. The van der Waals surface area contributed by atoms with E-state index in [0.717, 1.165) is 37.1 Å². The second-order valence-corrected chi connectivity index (χ2v) is 12.8. The number of urea groups is 2. The first-order valence-electron chi connectivity index (χ1n) is 16.9. The normalized spacial score (nSPS) is 19.5. The Balaban J connectivity index is 1.56. The van der Waals surface area contributed by atoms with Crippen LogP contribution in [-0.2, 0) is 10.9 Å². The van der Waals surface area contributed by atoms with Crippen LogP contribution in [0.4, 0.5) is 39.8 Å². The highest BCUT2D eigenvalue weighted by Crippen LogP contribution is 2.31. The molecule has 5 amide bonds. The van der Waals surface area contributed by atoms with Crippen molar-refractivity contribution in [2.24, 2.45) is 5.92 Å². The Kier molecular flexibility index (Phi) is 13.7. The number of carbonyl (C=O) groups excluding carboxylic acids is 3. The second kappa shape index (κ2) is 17.9. The first-order valence-corrected chi connectivity index (χ1v) is 16.9. The van der Waals surface area contributed by atoms with Crippen LogP contribution in [0.25, 0.3) is 0 Å². The molecule has 0 saturated carbocycles. The fourth-order valence-corrected chi connectivity index (χ4v) is 5.59. The number of carbonyl (C=O) groups is 3. The van der Waals surface area contributed by atoms with Gasteiger partial charge in [0.15, 0.2) is 0 Å². The summed E-state index contributed by atoms with van der Waals surface area (Å²) in [5.41, 5.74) is 0.339.